The molecule has 0 fully saturated rings. The number of imidazole rings is 1. The minimum atomic E-state index is -0.424. The van der Waals surface area contributed by atoms with Gasteiger partial charge in [0, 0.05) is 19.2 Å². The van der Waals surface area contributed by atoms with Crippen LogP contribution in [0.4, 0.5) is 0 Å². The molecule has 0 N–H and O–H groups in total. The molecule has 2 heterocycles. The molecule has 0 saturated carbocycles. The minimum Gasteiger partial charge on any atom is -0.497 e. The molecule has 24 heavy (non-hydrogen) atoms. The van der Waals surface area contributed by atoms with E-state index in [1.54, 1.807) is 55.3 Å². The fourth-order valence-electron chi connectivity index (χ4n) is 2.72. The van der Waals surface area contributed by atoms with Crippen LogP contribution >= 0.6 is 0 Å². The van der Waals surface area contributed by atoms with Gasteiger partial charge in [-0.1, -0.05) is 12.1 Å². The van der Waals surface area contributed by atoms with Crippen molar-refractivity contribution in [2.24, 2.45) is 0 Å². The Labute approximate surface area is 138 Å². The maximum atomic E-state index is 12.8. The van der Waals surface area contributed by atoms with Gasteiger partial charge in [-0.05, 0) is 19.1 Å². The Bertz CT molecular complexity index is 1030. The van der Waals surface area contributed by atoms with Crippen LogP contribution in [0.1, 0.15) is 6.92 Å². The summed E-state index contributed by atoms with van der Waals surface area (Å²) < 4.78 is 9.55. The summed E-state index contributed by atoms with van der Waals surface area (Å²) in [7, 11) is 1.56. The topological polar surface area (TPSA) is 71.0 Å². The average molecular weight is 326 g/mol. The molecule has 0 saturated heterocycles. The second-order valence-corrected chi connectivity index (χ2v) is 5.23. The van der Waals surface area contributed by atoms with Crippen molar-refractivity contribution < 1.29 is 4.74 Å². The van der Waals surface area contributed by atoms with E-state index in [4.69, 9.17) is 4.74 Å². The zero-order valence-corrected chi connectivity index (χ0v) is 13.6. The van der Waals surface area contributed by atoms with E-state index in [-0.39, 0.29) is 12.1 Å². The van der Waals surface area contributed by atoms with E-state index < -0.39 is 5.69 Å². The van der Waals surface area contributed by atoms with E-state index in [0.29, 0.717) is 29.1 Å². The van der Waals surface area contributed by atoms with Crippen molar-refractivity contribution in [1.82, 2.24) is 18.7 Å². The van der Waals surface area contributed by atoms with Crippen molar-refractivity contribution in [2.75, 3.05) is 7.11 Å². The van der Waals surface area contributed by atoms with Crippen molar-refractivity contribution in [3.63, 3.8) is 0 Å². The number of fused-ring (bicyclic) bond motifs is 1. The summed E-state index contributed by atoms with van der Waals surface area (Å²) in [5.41, 5.74) is 0.516. The molecule has 0 aliphatic carbocycles. The van der Waals surface area contributed by atoms with Gasteiger partial charge in [0.2, 0.25) is 0 Å². The number of allylic oxidation sites excluding steroid dienone is 1. The summed E-state index contributed by atoms with van der Waals surface area (Å²) in [6.45, 7) is 6.17. The van der Waals surface area contributed by atoms with Crippen LogP contribution in [0.25, 0.3) is 16.9 Å². The number of rotatable bonds is 5. The summed E-state index contributed by atoms with van der Waals surface area (Å²) >= 11 is 0. The van der Waals surface area contributed by atoms with Crippen LogP contribution in [-0.2, 0) is 13.1 Å². The summed E-state index contributed by atoms with van der Waals surface area (Å²) in [6, 6.07) is 7.09. The smallest absolute Gasteiger partial charge is 0.337 e. The van der Waals surface area contributed by atoms with E-state index in [9.17, 15) is 9.59 Å². The van der Waals surface area contributed by atoms with Gasteiger partial charge in [-0.25, -0.2) is 14.3 Å². The Morgan fingerprint density at radius 1 is 1.33 bits per heavy atom. The van der Waals surface area contributed by atoms with Crippen LogP contribution in [0, 0.1) is 0 Å². The molecule has 1 aromatic carbocycles. The molecule has 124 valence electrons. The first-order valence-electron chi connectivity index (χ1n) is 7.58. The zero-order chi connectivity index (χ0) is 17.3. The first kappa shape index (κ1) is 15.8. The van der Waals surface area contributed by atoms with Crippen LogP contribution in [0.15, 0.2) is 52.8 Å². The maximum Gasteiger partial charge on any atom is 0.337 e. The highest BCUT2D eigenvalue weighted by Crippen LogP contribution is 2.18. The molecular weight excluding hydrogens is 308 g/mol. The number of methoxy groups -OCH3 is 1. The Balaban J connectivity index is 2.45. The lowest BCUT2D eigenvalue weighted by Gasteiger charge is -2.12. The largest absolute Gasteiger partial charge is 0.497 e. The highest BCUT2D eigenvalue weighted by atomic mass is 16.5. The van der Waals surface area contributed by atoms with E-state index in [1.165, 1.54) is 9.13 Å². The second kappa shape index (κ2) is 6.19. The maximum absolute atomic E-state index is 12.8. The van der Waals surface area contributed by atoms with Crippen LogP contribution in [0.2, 0.25) is 0 Å². The van der Waals surface area contributed by atoms with E-state index >= 15 is 0 Å². The second-order valence-electron chi connectivity index (χ2n) is 5.23. The van der Waals surface area contributed by atoms with Crippen LogP contribution in [0.3, 0.4) is 0 Å². The first-order chi connectivity index (χ1) is 11.6. The van der Waals surface area contributed by atoms with Crippen molar-refractivity contribution in [1.29, 1.82) is 0 Å². The third kappa shape index (κ3) is 2.34. The van der Waals surface area contributed by atoms with Gasteiger partial charge in [-0.2, -0.15) is 0 Å². The quantitative estimate of drug-likeness (QED) is 0.667. The summed E-state index contributed by atoms with van der Waals surface area (Å²) in [5, 5.41) is 0. The molecule has 7 nitrogen and oxygen atoms in total. The van der Waals surface area contributed by atoms with Gasteiger partial charge >= 0.3 is 5.69 Å². The Hall–Kier alpha value is -3.09. The normalized spacial score (nSPS) is 10.9. The number of ether oxygens (including phenoxy) is 1. The number of hydrogen-bond acceptors (Lipinski definition) is 4. The van der Waals surface area contributed by atoms with Gasteiger partial charge in [0.15, 0.2) is 11.2 Å². The number of aromatic nitrogens is 4. The van der Waals surface area contributed by atoms with Crippen molar-refractivity contribution in [3.8, 4) is 11.4 Å². The molecule has 0 radical (unpaired) electrons. The molecule has 0 bridgehead atoms. The summed E-state index contributed by atoms with van der Waals surface area (Å²) in [5.74, 6) is 0.618. The lowest BCUT2D eigenvalue weighted by molar-refractivity contribution is 0.414. The summed E-state index contributed by atoms with van der Waals surface area (Å²) in [6.07, 6.45) is 3.22. The average Bonchev–Trinajstić information content (AvgIpc) is 2.99. The monoisotopic (exact) mass is 326 g/mol. The van der Waals surface area contributed by atoms with Gasteiger partial charge in [-0.15, -0.1) is 6.58 Å². The molecule has 7 heteroatoms. The van der Waals surface area contributed by atoms with Gasteiger partial charge in [0.25, 0.3) is 5.56 Å². The summed E-state index contributed by atoms with van der Waals surface area (Å²) in [4.78, 5) is 29.8. The van der Waals surface area contributed by atoms with Crippen LogP contribution in [0.5, 0.6) is 5.75 Å². The lowest BCUT2D eigenvalue weighted by Crippen LogP contribution is -2.39. The Morgan fingerprint density at radius 2 is 2.12 bits per heavy atom. The molecule has 0 unspecified atom stereocenters. The predicted octanol–water partition coefficient (Wildman–Crippen LogP) is 1.56. The highest BCUT2D eigenvalue weighted by molar-refractivity contribution is 5.72. The van der Waals surface area contributed by atoms with Gasteiger partial charge < -0.3 is 9.30 Å². The van der Waals surface area contributed by atoms with Gasteiger partial charge in [0.05, 0.1) is 19.1 Å². The van der Waals surface area contributed by atoms with E-state index in [2.05, 4.69) is 11.6 Å². The molecule has 0 aliphatic rings. The lowest BCUT2D eigenvalue weighted by atomic mass is 10.3. The van der Waals surface area contributed by atoms with E-state index in [0.717, 1.165) is 0 Å². The SMILES string of the molecule is C=CCn1cnc2c1c(=O)n(CC)c(=O)n2-c1cccc(OC)c1. The molecule has 2 aromatic heterocycles. The van der Waals surface area contributed by atoms with Gasteiger partial charge in [0.1, 0.15) is 5.75 Å². The molecular formula is C17H18N4O3. The predicted molar refractivity (Wildman–Crippen MR) is 92.0 cm³/mol. The number of benzene rings is 1. The third-order valence-electron chi connectivity index (χ3n) is 3.85. The number of hydrogen-bond donors (Lipinski definition) is 0. The molecule has 0 atom stereocenters. The third-order valence-corrected chi connectivity index (χ3v) is 3.85. The fourth-order valence-corrected chi connectivity index (χ4v) is 2.72. The molecule has 0 spiro atoms. The standard InChI is InChI=1S/C17H18N4O3/c1-4-9-19-11-18-15-14(19)16(22)20(5-2)17(23)21(15)12-7-6-8-13(10-12)24-3/h4,6-8,10-11H,1,5,9H2,2-3H3. The van der Waals surface area contributed by atoms with Crippen molar-refractivity contribution >= 4 is 11.2 Å². The highest BCUT2D eigenvalue weighted by Gasteiger charge is 2.18. The van der Waals surface area contributed by atoms with Crippen molar-refractivity contribution in [2.45, 2.75) is 20.0 Å². The van der Waals surface area contributed by atoms with Crippen LogP contribution in [-0.4, -0.2) is 25.8 Å². The molecule has 3 rings (SSSR count). The van der Waals surface area contributed by atoms with Gasteiger partial charge in [-0.3, -0.25) is 9.36 Å². The first-order valence-corrected chi connectivity index (χ1v) is 7.58. The van der Waals surface area contributed by atoms with Crippen LogP contribution < -0.4 is 16.0 Å². The minimum absolute atomic E-state index is 0.275. The molecule has 3 aromatic rings. The fraction of sp³-hybridized carbons (Fsp3) is 0.235. The number of nitrogens with zero attached hydrogens (tertiary/aromatic N) is 4. The van der Waals surface area contributed by atoms with E-state index in [1.807, 2.05) is 0 Å². The Morgan fingerprint density at radius 3 is 2.79 bits per heavy atom. The molecule has 0 amide bonds. The Kier molecular flexibility index (Phi) is 4.07. The van der Waals surface area contributed by atoms with Crippen molar-refractivity contribution in [3.05, 3.63) is 64.1 Å². The molecule has 0 aliphatic heterocycles. The zero-order valence-electron chi connectivity index (χ0n) is 13.6.